The van der Waals surface area contributed by atoms with Crippen molar-refractivity contribution >= 4 is 22.8 Å². The Hall–Kier alpha value is -1.00. The lowest BCUT2D eigenvalue weighted by molar-refractivity contribution is 0.979. The van der Waals surface area contributed by atoms with Crippen LogP contribution in [0.3, 0.4) is 0 Å². The number of imidazole rings is 1. The molecule has 0 radical (unpaired) electrons. The highest BCUT2D eigenvalue weighted by atomic mass is 32.2. The van der Waals surface area contributed by atoms with Crippen LogP contribution in [0.2, 0.25) is 0 Å². The van der Waals surface area contributed by atoms with E-state index in [1.165, 1.54) is 0 Å². The van der Waals surface area contributed by atoms with Crippen LogP contribution in [0.1, 0.15) is 5.82 Å². The summed E-state index contributed by atoms with van der Waals surface area (Å²) in [5, 5.41) is 3.09. The molecule has 1 heterocycles. The summed E-state index contributed by atoms with van der Waals surface area (Å²) in [4.78, 5) is 7.78. The van der Waals surface area contributed by atoms with Crippen molar-refractivity contribution in [3.05, 3.63) is 30.1 Å². The molecule has 0 aliphatic heterocycles. The second-order valence-electron chi connectivity index (χ2n) is 3.05. The van der Waals surface area contributed by atoms with Gasteiger partial charge in [0, 0.05) is 5.88 Å². The largest absolute Gasteiger partial charge is 0.341 e. The highest BCUT2D eigenvalue weighted by Crippen LogP contribution is 2.13. The molecule has 0 fully saturated rings. The number of rotatable bonds is 4. The molecule has 1 aromatic heterocycles. The second-order valence-corrected chi connectivity index (χ2v) is 4.03. The van der Waals surface area contributed by atoms with Gasteiger partial charge in [0.1, 0.15) is 5.82 Å². The molecule has 0 spiro atoms. The van der Waals surface area contributed by atoms with Crippen LogP contribution in [0, 0.1) is 0 Å². The molecule has 74 valence electrons. The van der Waals surface area contributed by atoms with Gasteiger partial charge >= 0.3 is 0 Å². The van der Waals surface area contributed by atoms with Crippen LogP contribution in [-0.4, -0.2) is 22.9 Å². The van der Waals surface area contributed by atoms with Crippen molar-refractivity contribution in [1.82, 2.24) is 15.3 Å². The Morgan fingerprint density at radius 3 is 3.07 bits per heavy atom. The fourth-order valence-corrected chi connectivity index (χ4v) is 1.96. The van der Waals surface area contributed by atoms with E-state index in [1.54, 1.807) is 0 Å². The van der Waals surface area contributed by atoms with Crippen LogP contribution >= 0.6 is 11.8 Å². The van der Waals surface area contributed by atoms with Crippen molar-refractivity contribution in [3.8, 4) is 0 Å². The van der Waals surface area contributed by atoms with E-state index in [2.05, 4.69) is 21.4 Å². The molecular formula is C10H13N3S. The molecule has 0 atom stereocenters. The number of thioether (sulfide) groups is 1. The molecule has 2 N–H and O–H groups in total. The molecule has 2 rings (SSSR count). The molecule has 0 amide bonds. The van der Waals surface area contributed by atoms with Crippen LogP contribution in [0.25, 0.3) is 11.0 Å². The minimum Gasteiger partial charge on any atom is -0.341 e. The Kier molecular flexibility index (Phi) is 3.06. The maximum Gasteiger partial charge on any atom is 0.117 e. The van der Waals surface area contributed by atoms with Crippen LogP contribution in [-0.2, 0) is 5.75 Å². The summed E-state index contributed by atoms with van der Waals surface area (Å²) in [7, 11) is 1.95. The summed E-state index contributed by atoms with van der Waals surface area (Å²) in [6.45, 7) is 0. The van der Waals surface area contributed by atoms with Crippen LogP contribution in [0.5, 0.6) is 0 Å². The van der Waals surface area contributed by atoms with E-state index in [0.717, 1.165) is 28.5 Å². The molecule has 3 nitrogen and oxygen atoms in total. The highest BCUT2D eigenvalue weighted by Gasteiger charge is 2.00. The summed E-state index contributed by atoms with van der Waals surface area (Å²) >= 11 is 1.82. The van der Waals surface area contributed by atoms with Gasteiger partial charge in [-0.05, 0) is 19.2 Å². The minimum absolute atomic E-state index is 0.926. The number of nitrogens with zero attached hydrogens (tertiary/aromatic N) is 1. The number of aromatic amines is 1. The lowest BCUT2D eigenvalue weighted by Gasteiger charge is -1.95. The number of para-hydroxylation sites is 2. The van der Waals surface area contributed by atoms with Gasteiger partial charge in [0.15, 0.2) is 0 Å². The average Bonchev–Trinajstić information content (AvgIpc) is 2.60. The SMILES string of the molecule is CNCSCc1nc2ccccc2[nH]1. The Morgan fingerprint density at radius 2 is 2.29 bits per heavy atom. The van der Waals surface area contributed by atoms with Crippen LogP contribution in [0.4, 0.5) is 0 Å². The molecule has 4 heteroatoms. The van der Waals surface area contributed by atoms with E-state index in [1.807, 2.05) is 37.0 Å². The summed E-state index contributed by atoms with van der Waals surface area (Å²) in [6, 6.07) is 8.10. The number of fused-ring (bicyclic) bond motifs is 1. The molecule has 2 aromatic rings. The number of aromatic nitrogens is 2. The standard InChI is InChI=1S/C10H13N3S/c1-11-7-14-6-10-12-8-4-2-3-5-9(8)13-10/h2-5,11H,6-7H2,1H3,(H,12,13). The monoisotopic (exact) mass is 207 g/mol. The third-order valence-electron chi connectivity index (χ3n) is 1.92. The first-order chi connectivity index (χ1) is 6.90. The molecule has 0 bridgehead atoms. The van der Waals surface area contributed by atoms with E-state index < -0.39 is 0 Å². The van der Waals surface area contributed by atoms with Crippen molar-refractivity contribution in [1.29, 1.82) is 0 Å². The molecule has 0 saturated heterocycles. The fraction of sp³-hybridized carbons (Fsp3) is 0.300. The lowest BCUT2D eigenvalue weighted by Crippen LogP contribution is -2.03. The topological polar surface area (TPSA) is 40.7 Å². The maximum absolute atomic E-state index is 4.48. The summed E-state index contributed by atoms with van der Waals surface area (Å²) < 4.78 is 0. The van der Waals surface area contributed by atoms with Gasteiger partial charge in [0.25, 0.3) is 0 Å². The number of H-pyrrole nitrogens is 1. The van der Waals surface area contributed by atoms with Gasteiger partial charge < -0.3 is 10.3 Å². The molecular weight excluding hydrogens is 194 g/mol. The molecule has 14 heavy (non-hydrogen) atoms. The van der Waals surface area contributed by atoms with E-state index in [9.17, 15) is 0 Å². The summed E-state index contributed by atoms with van der Waals surface area (Å²) in [5.74, 6) is 2.93. The van der Waals surface area contributed by atoms with E-state index >= 15 is 0 Å². The van der Waals surface area contributed by atoms with Gasteiger partial charge in [0.05, 0.1) is 16.8 Å². The zero-order chi connectivity index (χ0) is 9.80. The molecule has 0 aliphatic carbocycles. The van der Waals surface area contributed by atoms with E-state index in [4.69, 9.17) is 0 Å². The number of hydrogen-bond donors (Lipinski definition) is 2. The van der Waals surface area contributed by atoms with Crippen molar-refractivity contribution in [3.63, 3.8) is 0 Å². The number of nitrogens with one attached hydrogen (secondary N) is 2. The summed E-state index contributed by atoms with van der Waals surface area (Å²) in [5.41, 5.74) is 2.17. The smallest absolute Gasteiger partial charge is 0.117 e. The average molecular weight is 207 g/mol. The zero-order valence-corrected chi connectivity index (χ0v) is 8.90. The van der Waals surface area contributed by atoms with Gasteiger partial charge in [-0.25, -0.2) is 4.98 Å². The van der Waals surface area contributed by atoms with E-state index in [-0.39, 0.29) is 0 Å². The fourth-order valence-electron chi connectivity index (χ4n) is 1.32. The number of hydrogen-bond acceptors (Lipinski definition) is 3. The predicted molar refractivity (Wildman–Crippen MR) is 61.3 cm³/mol. The molecule has 0 aliphatic rings. The van der Waals surface area contributed by atoms with Crippen molar-refractivity contribution in [2.45, 2.75) is 5.75 Å². The quantitative estimate of drug-likeness (QED) is 0.595. The third kappa shape index (κ3) is 2.08. The zero-order valence-electron chi connectivity index (χ0n) is 8.08. The Labute approximate surface area is 87.3 Å². The van der Waals surface area contributed by atoms with Crippen molar-refractivity contribution in [2.75, 3.05) is 12.9 Å². The van der Waals surface area contributed by atoms with Gasteiger partial charge in [0.2, 0.25) is 0 Å². The maximum atomic E-state index is 4.48. The molecule has 0 unspecified atom stereocenters. The first-order valence-corrected chi connectivity index (χ1v) is 5.71. The Bertz CT molecular complexity index is 377. The Balaban J connectivity index is 2.11. The highest BCUT2D eigenvalue weighted by molar-refractivity contribution is 7.98. The van der Waals surface area contributed by atoms with Gasteiger partial charge in [-0.2, -0.15) is 0 Å². The number of benzene rings is 1. The predicted octanol–water partition coefficient (Wildman–Crippen LogP) is 1.97. The van der Waals surface area contributed by atoms with E-state index in [0.29, 0.717) is 0 Å². The first kappa shape index (κ1) is 9.55. The van der Waals surface area contributed by atoms with Gasteiger partial charge in [-0.15, -0.1) is 11.8 Å². The van der Waals surface area contributed by atoms with Crippen molar-refractivity contribution in [2.24, 2.45) is 0 Å². The minimum atomic E-state index is 0.926. The van der Waals surface area contributed by atoms with Gasteiger partial charge in [-0.1, -0.05) is 12.1 Å². The lowest BCUT2D eigenvalue weighted by atomic mass is 10.3. The van der Waals surface area contributed by atoms with Gasteiger partial charge in [-0.3, -0.25) is 0 Å². The third-order valence-corrected chi connectivity index (χ3v) is 2.89. The Morgan fingerprint density at radius 1 is 1.43 bits per heavy atom. The normalized spacial score (nSPS) is 10.9. The molecule has 0 saturated carbocycles. The first-order valence-electron chi connectivity index (χ1n) is 4.56. The summed E-state index contributed by atoms with van der Waals surface area (Å²) in [6.07, 6.45) is 0. The van der Waals surface area contributed by atoms with Crippen LogP contribution < -0.4 is 5.32 Å². The molecule has 1 aromatic carbocycles. The van der Waals surface area contributed by atoms with Crippen molar-refractivity contribution < 1.29 is 0 Å². The van der Waals surface area contributed by atoms with Crippen LogP contribution in [0.15, 0.2) is 24.3 Å². The second kappa shape index (κ2) is 4.48.